The van der Waals surface area contributed by atoms with Gasteiger partial charge in [0.1, 0.15) is 0 Å². The predicted molar refractivity (Wildman–Crippen MR) is 124 cm³/mol. The van der Waals surface area contributed by atoms with E-state index in [-0.39, 0.29) is 19.6 Å². The first kappa shape index (κ1) is 24.1. The number of hydrogen-bond donors (Lipinski definition) is 0. The van der Waals surface area contributed by atoms with Crippen LogP contribution in [0.3, 0.4) is 0 Å². The minimum atomic E-state index is -3.68. The van der Waals surface area contributed by atoms with E-state index in [9.17, 15) is 14.2 Å². The van der Waals surface area contributed by atoms with E-state index in [0.29, 0.717) is 16.8 Å². The molecule has 0 N–H and O–H groups in total. The van der Waals surface area contributed by atoms with Gasteiger partial charge in [0.05, 0.1) is 24.3 Å². The first-order valence-electron chi connectivity index (χ1n) is 11.1. The van der Waals surface area contributed by atoms with E-state index in [4.69, 9.17) is 9.05 Å². The average molecular weight is 455 g/mol. The van der Waals surface area contributed by atoms with Crippen LogP contribution in [0.15, 0.2) is 66.1 Å². The van der Waals surface area contributed by atoms with Crippen LogP contribution in [0.1, 0.15) is 65.8 Å². The highest BCUT2D eigenvalue weighted by atomic mass is 31.2. The quantitative estimate of drug-likeness (QED) is 0.217. The molecule has 1 heterocycles. The summed E-state index contributed by atoms with van der Waals surface area (Å²) in [5, 5.41) is 0. The lowest BCUT2D eigenvalue weighted by molar-refractivity contribution is 0.0701. The van der Waals surface area contributed by atoms with Gasteiger partial charge in [-0.2, -0.15) is 0 Å². The van der Waals surface area contributed by atoms with Crippen molar-refractivity contribution >= 4 is 19.4 Å². The fourth-order valence-corrected chi connectivity index (χ4v) is 4.97. The molecule has 1 aliphatic heterocycles. The third kappa shape index (κ3) is 5.83. The Kier molecular flexibility index (Phi) is 8.57. The lowest BCUT2D eigenvalue weighted by Crippen LogP contribution is -2.30. The van der Waals surface area contributed by atoms with Crippen LogP contribution in [0.25, 0.3) is 0 Å². The van der Waals surface area contributed by atoms with Crippen molar-refractivity contribution in [3.63, 3.8) is 0 Å². The van der Waals surface area contributed by atoms with Gasteiger partial charge < -0.3 is 9.05 Å². The van der Waals surface area contributed by atoms with Crippen molar-refractivity contribution < 1.29 is 23.2 Å². The number of unbranched alkanes of at least 4 members (excludes halogenated alkanes) is 2. The fourth-order valence-electron chi connectivity index (χ4n) is 3.40. The Morgan fingerprint density at radius 3 is 1.84 bits per heavy atom. The molecule has 0 radical (unpaired) electrons. The van der Waals surface area contributed by atoms with Crippen LogP contribution in [0, 0.1) is 0 Å². The van der Waals surface area contributed by atoms with Crippen molar-refractivity contribution in [3.05, 3.63) is 82.8 Å². The number of carbonyl (C=O) groups is 2. The van der Waals surface area contributed by atoms with E-state index >= 15 is 0 Å². The molecule has 0 unspecified atom stereocenters. The minimum absolute atomic E-state index is 0.241. The van der Waals surface area contributed by atoms with Gasteiger partial charge in [-0.15, -0.1) is 0 Å². The number of carbonyl (C=O) groups excluding carboxylic acids is 2. The highest BCUT2D eigenvalue weighted by Gasteiger charge is 2.39. The predicted octanol–water partition coefficient (Wildman–Crippen LogP) is 6.19. The van der Waals surface area contributed by atoms with E-state index in [1.165, 1.54) is 5.82 Å². The van der Waals surface area contributed by atoms with Gasteiger partial charge in [0.15, 0.2) is 0 Å². The van der Waals surface area contributed by atoms with Gasteiger partial charge >= 0.3 is 7.60 Å². The summed E-state index contributed by atoms with van der Waals surface area (Å²) >= 11 is 0. The number of amides is 2. The molecular weight excluding hydrogens is 425 g/mol. The van der Waals surface area contributed by atoms with Gasteiger partial charge in [-0.3, -0.25) is 14.2 Å². The maximum atomic E-state index is 13.6. The summed E-state index contributed by atoms with van der Waals surface area (Å²) in [7, 11) is -3.68. The van der Waals surface area contributed by atoms with Crippen LogP contribution >= 0.6 is 7.60 Å². The molecule has 1 aliphatic rings. The Labute approximate surface area is 189 Å². The van der Waals surface area contributed by atoms with Gasteiger partial charge in [0.2, 0.25) is 0 Å². The van der Waals surface area contributed by atoms with Gasteiger partial charge in [0, 0.05) is 17.9 Å². The molecule has 2 aromatic rings. The topological polar surface area (TPSA) is 72.9 Å². The summed E-state index contributed by atoms with van der Waals surface area (Å²) in [6, 6.07) is 16.1. The third-order valence-corrected chi connectivity index (χ3v) is 6.85. The molecule has 7 heteroatoms. The third-order valence-electron chi connectivity index (χ3n) is 5.15. The van der Waals surface area contributed by atoms with Gasteiger partial charge in [-0.1, -0.05) is 69.2 Å². The maximum absolute atomic E-state index is 13.6. The molecule has 0 aromatic heterocycles. The summed E-state index contributed by atoms with van der Waals surface area (Å²) < 4.78 is 25.0. The van der Waals surface area contributed by atoms with E-state index in [1.807, 2.05) is 44.2 Å². The van der Waals surface area contributed by atoms with Gasteiger partial charge in [-0.25, -0.2) is 4.90 Å². The molecule has 32 heavy (non-hydrogen) atoms. The minimum Gasteiger partial charge on any atom is -0.306 e. The zero-order chi connectivity index (χ0) is 23.0. The number of allylic oxidation sites excluding steroid dienone is 1. The first-order valence-corrected chi connectivity index (χ1v) is 12.7. The normalized spacial score (nSPS) is 14.2. The number of imide groups is 1. The van der Waals surface area contributed by atoms with Crippen LogP contribution in [0.4, 0.5) is 0 Å². The maximum Gasteiger partial charge on any atom is 0.355 e. The van der Waals surface area contributed by atoms with E-state index in [0.717, 1.165) is 36.1 Å². The Morgan fingerprint density at radius 1 is 0.844 bits per heavy atom. The molecule has 3 rings (SSSR count). The summed E-state index contributed by atoms with van der Waals surface area (Å²) in [6.07, 6.45) is 3.47. The Balaban J connectivity index is 2.00. The molecule has 6 nitrogen and oxygen atoms in total. The molecule has 0 spiro atoms. The molecule has 0 aliphatic carbocycles. The summed E-state index contributed by atoms with van der Waals surface area (Å²) in [6.45, 7) is 4.58. The Morgan fingerprint density at radius 2 is 1.34 bits per heavy atom. The van der Waals surface area contributed by atoms with E-state index in [1.54, 1.807) is 24.3 Å². The average Bonchev–Trinajstić information content (AvgIpc) is 3.05. The van der Waals surface area contributed by atoms with Crippen molar-refractivity contribution in [3.8, 4) is 0 Å². The zero-order valence-corrected chi connectivity index (χ0v) is 19.6. The van der Waals surface area contributed by atoms with Crippen molar-refractivity contribution in [2.24, 2.45) is 0 Å². The second-order valence-electron chi connectivity index (χ2n) is 7.69. The highest BCUT2D eigenvalue weighted by Crippen LogP contribution is 2.52. The first-order chi connectivity index (χ1) is 15.5. The number of rotatable bonds is 12. The zero-order valence-electron chi connectivity index (χ0n) is 18.7. The molecule has 0 saturated carbocycles. The van der Waals surface area contributed by atoms with Crippen LogP contribution in [-0.4, -0.2) is 29.9 Å². The largest absolute Gasteiger partial charge is 0.355 e. The molecule has 0 atom stereocenters. The summed E-state index contributed by atoms with van der Waals surface area (Å²) in [5.41, 5.74) is 1.86. The standard InChI is InChI=1S/C25H30NO5P/c1-3-5-16-30-32(29,31-17-6-4-2)19-21(18-20-12-8-7-9-13-20)26-24(27)22-14-10-11-15-23(22)25(26)28/h7-15,19H,3-6,16-18H2,1-2H3/b21-19+. The SMILES string of the molecule is CCCCOP(=O)(/C=C(\Cc1ccccc1)N1C(=O)c2ccccc2C1=O)OCCCC. The number of hydrogen-bond acceptors (Lipinski definition) is 5. The van der Waals surface area contributed by atoms with E-state index in [2.05, 4.69) is 0 Å². The van der Waals surface area contributed by atoms with Crippen molar-refractivity contribution in [1.29, 1.82) is 0 Å². The van der Waals surface area contributed by atoms with Crippen LogP contribution in [0.5, 0.6) is 0 Å². The fraction of sp³-hybridized carbons (Fsp3) is 0.360. The number of benzene rings is 2. The highest BCUT2D eigenvalue weighted by molar-refractivity contribution is 7.57. The molecule has 2 aromatic carbocycles. The molecule has 0 bridgehead atoms. The van der Waals surface area contributed by atoms with Crippen molar-refractivity contribution in [1.82, 2.24) is 4.90 Å². The van der Waals surface area contributed by atoms with Crippen LogP contribution < -0.4 is 0 Å². The second kappa shape index (κ2) is 11.4. The number of nitrogens with zero attached hydrogens (tertiary/aromatic N) is 1. The van der Waals surface area contributed by atoms with Crippen molar-refractivity contribution in [2.75, 3.05) is 13.2 Å². The Hall–Kier alpha value is -2.53. The molecule has 0 fully saturated rings. The van der Waals surface area contributed by atoms with Gasteiger partial charge in [-0.05, 0) is 30.5 Å². The number of fused-ring (bicyclic) bond motifs is 1. The lowest BCUT2D eigenvalue weighted by Gasteiger charge is -2.22. The molecular formula is C25H30NO5P. The Bertz CT molecular complexity index is 969. The van der Waals surface area contributed by atoms with Crippen LogP contribution in [-0.2, 0) is 20.0 Å². The van der Waals surface area contributed by atoms with E-state index < -0.39 is 19.4 Å². The molecule has 170 valence electrons. The molecule has 2 amide bonds. The second-order valence-corrected chi connectivity index (χ2v) is 9.54. The summed E-state index contributed by atoms with van der Waals surface area (Å²) in [4.78, 5) is 27.4. The van der Waals surface area contributed by atoms with Crippen molar-refractivity contribution in [2.45, 2.75) is 46.0 Å². The lowest BCUT2D eigenvalue weighted by atomic mass is 10.1. The smallest absolute Gasteiger partial charge is 0.306 e. The van der Waals surface area contributed by atoms with Crippen LogP contribution in [0.2, 0.25) is 0 Å². The monoisotopic (exact) mass is 455 g/mol. The molecule has 0 saturated heterocycles. The van der Waals surface area contributed by atoms with Gasteiger partial charge in [0.25, 0.3) is 11.8 Å². The summed E-state index contributed by atoms with van der Waals surface area (Å²) in [5.74, 6) is 0.510.